The summed E-state index contributed by atoms with van der Waals surface area (Å²) in [6, 6.07) is 3.11. The van der Waals surface area contributed by atoms with Gasteiger partial charge in [-0.05, 0) is 25.0 Å². The molecular formula is C14H15F2N3O. The minimum absolute atomic E-state index is 0.0915. The maximum atomic E-state index is 13.2. The van der Waals surface area contributed by atoms with Gasteiger partial charge < -0.3 is 10.3 Å². The van der Waals surface area contributed by atoms with Crippen molar-refractivity contribution in [3.05, 3.63) is 35.7 Å². The molecule has 4 nitrogen and oxygen atoms in total. The summed E-state index contributed by atoms with van der Waals surface area (Å²) in [5.41, 5.74) is 5.93. The van der Waals surface area contributed by atoms with Gasteiger partial charge in [-0.2, -0.15) is 4.98 Å². The van der Waals surface area contributed by atoms with Crippen LogP contribution in [0.1, 0.15) is 37.9 Å². The van der Waals surface area contributed by atoms with Crippen molar-refractivity contribution in [2.75, 3.05) is 0 Å². The van der Waals surface area contributed by atoms with Gasteiger partial charge in [-0.1, -0.05) is 24.4 Å². The molecule has 0 amide bonds. The highest BCUT2D eigenvalue weighted by atomic mass is 19.1. The van der Waals surface area contributed by atoms with Crippen LogP contribution in [0.4, 0.5) is 8.78 Å². The Morgan fingerprint density at radius 3 is 2.35 bits per heavy atom. The number of rotatable bonds is 2. The Hall–Kier alpha value is -1.82. The summed E-state index contributed by atoms with van der Waals surface area (Å²) in [7, 11) is 0. The summed E-state index contributed by atoms with van der Waals surface area (Å²) in [6.07, 6.45) is 4.79. The highest BCUT2D eigenvalue weighted by Gasteiger charge is 2.34. The van der Waals surface area contributed by atoms with Crippen molar-refractivity contribution < 1.29 is 13.3 Å². The average Bonchev–Trinajstić information content (AvgIpc) is 2.89. The van der Waals surface area contributed by atoms with Crippen LogP contribution in [0.15, 0.2) is 22.7 Å². The second-order valence-electron chi connectivity index (χ2n) is 5.30. The van der Waals surface area contributed by atoms with Crippen molar-refractivity contribution in [3.8, 4) is 11.5 Å². The number of hydrogen-bond acceptors (Lipinski definition) is 4. The van der Waals surface area contributed by atoms with E-state index in [1.165, 1.54) is 0 Å². The van der Waals surface area contributed by atoms with Gasteiger partial charge in [-0.25, -0.2) is 8.78 Å². The molecule has 0 aliphatic heterocycles. The highest BCUT2D eigenvalue weighted by Crippen LogP contribution is 2.34. The zero-order valence-corrected chi connectivity index (χ0v) is 10.9. The number of benzene rings is 1. The van der Waals surface area contributed by atoms with E-state index in [4.69, 9.17) is 10.3 Å². The van der Waals surface area contributed by atoms with Gasteiger partial charge in [0.25, 0.3) is 5.89 Å². The van der Waals surface area contributed by atoms with E-state index in [9.17, 15) is 8.78 Å². The van der Waals surface area contributed by atoms with Crippen molar-refractivity contribution in [1.82, 2.24) is 10.1 Å². The van der Waals surface area contributed by atoms with E-state index < -0.39 is 17.2 Å². The normalized spacial score (nSPS) is 18.1. The smallest absolute Gasteiger partial charge is 0.258 e. The van der Waals surface area contributed by atoms with Crippen LogP contribution in [0, 0.1) is 11.6 Å². The molecule has 1 aliphatic carbocycles. The van der Waals surface area contributed by atoms with Gasteiger partial charge in [0, 0.05) is 11.6 Å². The second kappa shape index (κ2) is 4.94. The van der Waals surface area contributed by atoms with Gasteiger partial charge in [0.1, 0.15) is 11.6 Å². The number of hydrogen-bond donors (Lipinski definition) is 1. The maximum absolute atomic E-state index is 13.2. The minimum atomic E-state index is -0.681. The molecule has 0 radical (unpaired) electrons. The molecule has 1 aliphatic rings. The molecule has 0 unspecified atom stereocenters. The zero-order chi connectivity index (χ0) is 14.2. The summed E-state index contributed by atoms with van der Waals surface area (Å²) >= 11 is 0. The van der Waals surface area contributed by atoms with Gasteiger partial charge in [-0.15, -0.1) is 0 Å². The first kappa shape index (κ1) is 13.2. The van der Waals surface area contributed by atoms with Crippen molar-refractivity contribution in [2.45, 2.75) is 37.6 Å². The molecule has 0 saturated heterocycles. The van der Waals surface area contributed by atoms with Crippen LogP contribution >= 0.6 is 0 Å². The lowest BCUT2D eigenvalue weighted by Gasteiger charge is -2.29. The summed E-state index contributed by atoms with van der Waals surface area (Å²) < 4.78 is 31.5. The lowest BCUT2D eigenvalue weighted by atomic mass is 9.82. The summed E-state index contributed by atoms with van der Waals surface area (Å²) in [4.78, 5) is 4.22. The van der Waals surface area contributed by atoms with Crippen molar-refractivity contribution in [2.24, 2.45) is 5.73 Å². The van der Waals surface area contributed by atoms with Crippen LogP contribution in [-0.2, 0) is 5.54 Å². The molecule has 0 bridgehead atoms. The molecular weight excluding hydrogens is 264 g/mol. The third-order valence-electron chi connectivity index (χ3n) is 3.73. The second-order valence-corrected chi connectivity index (χ2v) is 5.30. The van der Waals surface area contributed by atoms with E-state index >= 15 is 0 Å². The van der Waals surface area contributed by atoms with E-state index in [-0.39, 0.29) is 11.5 Å². The van der Waals surface area contributed by atoms with Gasteiger partial charge in [0.15, 0.2) is 5.82 Å². The van der Waals surface area contributed by atoms with E-state index in [1.54, 1.807) is 0 Å². The molecule has 1 heterocycles. The van der Waals surface area contributed by atoms with E-state index in [1.807, 2.05) is 0 Å². The van der Waals surface area contributed by atoms with Crippen molar-refractivity contribution in [3.63, 3.8) is 0 Å². The molecule has 0 spiro atoms. The molecule has 1 fully saturated rings. The Balaban J connectivity index is 1.93. The molecule has 0 atom stereocenters. The predicted molar refractivity (Wildman–Crippen MR) is 68.6 cm³/mol. The number of halogens is 2. The van der Waals surface area contributed by atoms with Crippen LogP contribution in [0.25, 0.3) is 11.5 Å². The quantitative estimate of drug-likeness (QED) is 0.917. The Morgan fingerprint density at radius 1 is 1.05 bits per heavy atom. The van der Waals surface area contributed by atoms with Crippen LogP contribution in [-0.4, -0.2) is 10.1 Å². The van der Waals surface area contributed by atoms with Crippen LogP contribution in [0.5, 0.6) is 0 Å². The lowest BCUT2D eigenvalue weighted by Crippen LogP contribution is -2.39. The van der Waals surface area contributed by atoms with Crippen molar-refractivity contribution >= 4 is 0 Å². The zero-order valence-electron chi connectivity index (χ0n) is 10.9. The van der Waals surface area contributed by atoms with E-state index in [0.29, 0.717) is 5.82 Å². The van der Waals surface area contributed by atoms with Gasteiger partial charge in [-0.3, -0.25) is 0 Å². The van der Waals surface area contributed by atoms with Gasteiger partial charge >= 0.3 is 0 Å². The summed E-state index contributed by atoms with van der Waals surface area (Å²) in [5.74, 6) is -0.856. The average molecular weight is 279 g/mol. The molecule has 2 N–H and O–H groups in total. The van der Waals surface area contributed by atoms with Crippen LogP contribution in [0.2, 0.25) is 0 Å². The third kappa shape index (κ3) is 2.43. The first-order valence-corrected chi connectivity index (χ1v) is 6.66. The SMILES string of the molecule is NC1(c2noc(-c3cc(F)cc(F)c3)n2)CCCCC1. The maximum Gasteiger partial charge on any atom is 0.258 e. The summed E-state index contributed by atoms with van der Waals surface area (Å²) in [5, 5.41) is 3.89. The van der Waals surface area contributed by atoms with Crippen molar-refractivity contribution in [1.29, 1.82) is 0 Å². The molecule has 6 heteroatoms. The molecule has 1 aromatic carbocycles. The topological polar surface area (TPSA) is 64.9 Å². The monoisotopic (exact) mass is 279 g/mol. The molecule has 106 valence electrons. The third-order valence-corrected chi connectivity index (χ3v) is 3.73. The largest absolute Gasteiger partial charge is 0.334 e. The Labute approximate surface area is 115 Å². The fourth-order valence-corrected chi connectivity index (χ4v) is 2.63. The van der Waals surface area contributed by atoms with Gasteiger partial charge in [0.2, 0.25) is 0 Å². The fraction of sp³-hybridized carbons (Fsp3) is 0.429. The highest BCUT2D eigenvalue weighted by molar-refractivity contribution is 5.52. The van der Waals surface area contributed by atoms with Gasteiger partial charge in [0.05, 0.1) is 5.54 Å². The summed E-state index contributed by atoms with van der Waals surface area (Å²) in [6.45, 7) is 0. The van der Waals surface area contributed by atoms with Crippen LogP contribution in [0.3, 0.4) is 0 Å². The first-order valence-electron chi connectivity index (χ1n) is 6.66. The Bertz CT molecular complexity index is 600. The predicted octanol–water partition coefficient (Wildman–Crippen LogP) is 3.13. The van der Waals surface area contributed by atoms with E-state index in [2.05, 4.69) is 10.1 Å². The molecule has 3 rings (SSSR count). The fourth-order valence-electron chi connectivity index (χ4n) is 2.63. The Kier molecular flexibility index (Phi) is 3.25. The number of nitrogens with two attached hydrogens (primary N) is 1. The molecule has 1 aromatic heterocycles. The molecule has 20 heavy (non-hydrogen) atoms. The molecule has 1 saturated carbocycles. The Morgan fingerprint density at radius 2 is 1.70 bits per heavy atom. The molecule has 2 aromatic rings. The first-order chi connectivity index (χ1) is 9.57. The number of aromatic nitrogens is 2. The van der Waals surface area contributed by atoms with Crippen LogP contribution < -0.4 is 5.73 Å². The standard InChI is InChI=1S/C14H15F2N3O/c15-10-6-9(7-11(16)8-10)12-18-13(19-20-12)14(17)4-2-1-3-5-14/h6-8H,1-5,17H2. The minimum Gasteiger partial charge on any atom is -0.334 e. The number of nitrogens with zero attached hydrogens (tertiary/aromatic N) is 2. The lowest BCUT2D eigenvalue weighted by molar-refractivity contribution is 0.275. The van der Waals surface area contributed by atoms with E-state index in [0.717, 1.165) is 50.3 Å².